The Morgan fingerprint density at radius 3 is 3.10 bits per heavy atom. The number of amides is 1. The van der Waals surface area contributed by atoms with Gasteiger partial charge in [0.15, 0.2) is 0 Å². The molecular formula is C17H21NO3. The zero-order valence-electron chi connectivity index (χ0n) is 12.6. The lowest BCUT2D eigenvalue weighted by Crippen LogP contribution is -2.36. The molecule has 2 rings (SSSR count). The first-order valence-electron chi connectivity index (χ1n) is 7.23. The maximum absolute atomic E-state index is 12.7. The standard InChI is InChI=1S/C17H21NO3/c1-13-12-18(9-5-11-21-13)17(20)16-8-3-6-15(14(16)2)7-4-10-19/h3,6,8,13,19H,5,9-12H2,1-2H3. The maximum Gasteiger partial charge on any atom is 0.254 e. The minimum atomic E-state index is -0.182. The summed E-state index contributed by atoms with van der Waals surface area (Å²) in [4.78, 5) is 14.6. The molecule has 1 atom stereocenters. The summed E-state index contributed by atoms with van der Waals surface area (Å²) in [5.41, 5.74) is 2.32. The first-order chi connectivity index (χ1) is 10.1. The van der Waals surface area contributed by atoms with Gasteiger partial charge in [0.1, 0.15) is 6.61 Å². The number of nitrogens with zero attached hydrogens (tertiary/aromatic N) is 1. The van der Waals surface area contributed by atoms with E-state index in [9.17, 15) is 4.79 Å². The van der Waals surface area contributed by atoms with E-state index in [1.54, 1.807) is 0 Å². The third-order valence-corrected chi connectivity index (χ3v) is 3.61. The number of rotatable bonds is 1. The molecule has 112 valence electrons. The topological polar surface area (TPSA) is 49.8 Å². The minimum absolute atomic E-state index is 0.0255. The zero-order chi connectivity index (χ0) is 15.2. The van der Waals surface area contributed by atoms with Gasteiger partial charge >= 0.3 is 0 Å². The number of hydrogen-bond donors (Lipinski definition) is 1. The summed E-state index contributed by atoms with van der Waals surface area (Å²) in [5, 5.41) is 8.80. The van der Waals surface area contributed by atoms with E-state index < -0.39 is 0 Å². The molecule has 4 heteroatoms. The molecule has 1 aliphatic heterocycles. The van der Waals surface area contributed by atoms with Crippen molar-refractivity contribution in [1.29, 1.82) is 0 Å². The van der Waals surface area contributed by atoms with Crippen LogP contribution in [0.2, 0.25) is 0 Å². The summed E-state index contributed by atoms with van der Waals surface area (Å²) in [6, 6.07) is 5.53. The maximum atomic E-state index is 12.7. The fraction of sp³-hybridized carbons (Fsp3) is 0.471. The Labute approximate surface area is 125 Å². The van der Waals surface area contributed by atoms with Crippen molar-refractivity contribution in [2.75, 3.05) is 26.3 Å². The monoisotopic (exact) mass is 287 g/mol. The van der Waals surface area contributed by atoms with Crippen molar-refractivity contribution in [3.05, 3.63) is 34.9 Å². The lowest BCUT2D eigenvalue weighted by atomic mass is 10.0. The number of ether oxygens (including phenoxy) is 1. The average Bonchev–Trinajstić information content (AvgIpc) is 2.70. The van der Waals surface area contributed by atoms with Crippen LogP contribution in [0.15, 0.2) is 18.2 Å². The van der Waals surface area contributed by atoms with Crippen LogP contribution in [-0.2, 0) is 4.74 Å². The van der Waals surface area contributed by atoms with Crippen molar-refractivity contribution in [2.24, 2.45) is 0 Å². The van der Waals surface area contributed by atoms with E-state index in [-0.39, 0.29) is 18.6 Å². The predicted octanol–water partition coefficient (Wildman–Crippen LogP) is 1.59. The van der Waals surface area contributed by atoms with Crippen molar-refractivity contribution in [1.82, 2.24) is 4.90 Å². The molecule has 1 aromatic carbocycles. The molecule has 1 saturated heterocycles. The molecule has 1 unspecified atom stereocenters. The fourth-order valence-electron chi connectivity index (χ4n) is 2.49. The molecule has 1 fully saturated rings. The lowest BCUT2D eigenvalue weighted by Gasteiger charge is -2.23. The van der Waals surface area contributed by atoms with Crippen molar-refractivity contribution in [3.63, 3.8) is 0 Å². The Morgan fingerprint density at radius 1 is 1.52 bits per heavy atom. The smallest absolute Gasteiger partial charge is 0.254 e. The normalized spacial score (nSPS) is 18.6. The van der Waals surface area contributed by atoms with E-state index in [0.717, 1.165) is 24.1 Å². The summed E-state index contributed by atoms with van der Waals surface area (Å²) in [5.74, 6) is 5.54. The van der Waals surface area contributed by atoms with Crippen molar-refractivity contribution < 1.29 is 14.6 Å². The SMILES string of the molecule is Cc1c(C#CCO)cccc1C(=O)N1CCCOC(C)C1. The van der Waals surface area contributed by atoms with Crippen LogP contribution in [0.25, 0.3) is 0 Å². The van der Waals surface area contributed by atoms with E-state index in [2.05, 4.69) is 11.8 Å². The van der Waals surface area contributed by atoms with E-state index in [1.807, 2.05) is 36.9 Å². The third-order valence-electron chi connectivity index (χ3n) is 3.61. The molecule has 1 N–H and O–H groups in total. The van der Waals surface area contributed by atoms with Crippen LogP contribution >= 0.6 is 0 Å². The Bertz CT molecular complexity index is 571. The molecule has 0 aliphatic carbocycles. The third kappa shape index (κ3) is 3.84. The minimum Gasteiger partial charge on any atom is -0.384 e. The zero-order valence-corrected chi connectivity index (χ0v) is 12.6. The molecule has 0 radical (unpaired) electrons. The predicted molar refractivity (Wildman–Crippen MR) is 81.1 cm³/mol. The van der Waals surface area contributed by atoms with Crippen LogP contribution in [-0.4, -0.2) is 48.3 Å². The summed E-state index contributed by atoms with van der Waals surface area (Å²) in [7, 11) is 0. The van der Waals surface area contributed by atoms with Crippen molar-refractivity contribution >= 4 is 5.91 Å². The van der Waals surface area contributed by atoms with Crippen molar-refractivity contribution in [3.8, 4) is 11.8 Å². The second-order valence-electron chi connectivity index (χ2n) is 5.22. The molecule has 0 spiro atoms. The average molecular weight is 287 g/mol. The molecule has 4 nitrogen and oxygen atoms in total. The number of carbonyl (C=O) groups is 1. The van der Waals surface area contributed by atoms with E-state index in [0.29, 0.717) is 18.7 Å². The lowest BCUT2D eigenvalue weighted by molar-refractivity contribution is 0.0562. The number of aliphatic hydroxyl groups excluding tert-OH is 1. The molecule has 1 heterocycles. The summed E-state index contributed by atoms with van der Waals surface area (Å²) in [6.07, 6.45) is 0.924. The molecule has 21 heavy (non-hydrogen) atoms. The summed E-state index contributed by atoms with van der Waals surface area (Å²) in [6.45, 7) is 5.73. The molecule has 0 saturated carbocycles. The highest BCUT2D eigenvalue weighted by Gasteiger charge is 2.22. The van der Waals surface area contributed by atoms with Gasteiger partial charge in [-0.05, 0) is 38.0 Å². The number of aliphatic hydroxyl groups is 1. The number of benzene rings is 1. The van der Waals surface area contributed by atoms with Gasteiger partial charge in [-0.15, -0.1) is 0 Å². The highest BCUT2D eigenvalue weighted by molar-refractivity contribution is 5.96. The first-order valence-corrected chi connectivity index (χ1v) is 7.23. The molecule has 0 bridgehead atoms. The van der Waals surface area contributed by atoms with Gasteiger partial charge in [0, 0.05) is 30.8 Å². The van der Waals surface area contributed by atoms with Gasteiger partial charge in [0.05, 0.1) is 6.10 Å². The molecule has 0 aromatic heterocycles. The Kier molecular flexibility index (Phi) is 5.38. The van der Waals surface area contributed by atoms with Gasteiger partial charge in [-0.1, -0.05) is 17.9 Å². The largest absolute Gasteiger partial charge is 0.384 e. The molecule has 1 amide bonds. The van der Waals surface area contributed by atoms with Gasteiger partial charge in [-0.25, -0.2) is 0 Å². The molecule has 1 aliphatic rings. The second kappa shape index (κ2) is 7.26. The summed E-state index contributed by atoms with van der Waals surface area (Å²) < 4.78 is 5.58. The molecule has 1 aromatic rings. The van der Waals surface area contributed by atoms with E-state index in [1.165, 1.54) is 0 Å². The second-order valence-corrected chi connectivity index (χ2v) is 5.22. The fourth-order valence-corrected chi connectivity index (χ4v) is 2.49. The summed E-state index contributed by atoms with van der Waals surface area (Å²) >= 11 is 0. The van der Waals surface area contributed by atoms with Gasteiger partial charge < -0.3 is 14.7 Å². The number of carbonyl (C=O) groups excluding carboxylic acids is 1. The van der Waals surface area contributed by atoms with Gasteiger partial charge in [-0.3, -0.25) is 4.79 Å². The first kappa shape index (κ1) is 15.6. The molecular weight excluding hydrogens is 266 g/mol. The Balaban J connectivity index is 2.26. The quantitative estimate of drug-likeness (QED) is 0.798. The van der Waals surface area contributed by atoms with Crippen LogP contribution in [0.5, 0.6) is 0 Å². The Morgan fingerprint density at radius 2 is 2.33 bits per heavy atom. The van der Waals surface area contributed by atoms with Gasteiger partial charge in [0.25, 0.3) is 5.91 Å². The number of hydrogen-bond acceptors (Lipinski definition) is 3. The van der Waals surface area contributed by atoms with Crippen LogP contribution in [0.1, 0.15) is 34.8 Å². The van der Waals surface area contributed by atoms with E-state index in [4.69, 9.17) is 9.84 Å². The highest BCUT2D eigenvalue weighted by Crippen LogP contribution is 2.17. The van der Waals surface area contributed by atoms with Gasteiger partial charge in [0.2, 0.25) is 0 Å². The van der Waals surface area contributed by atoms with Crippen LogP contribution < -0.4 is 0 Å². The van der Waals surface area contributed by atoms with Crippen LogP contribution in [0, 0.1) is 18.8 Å². The van der Waals surface area contributed by atoms with Crippen LogP contribution in [0.3, 0.4) is 0 Å². The van der Waals surface area contributed by atoms with Crippen molar-refractivity contribution in [2.45, 2.75) is 26.4 Å². The van der Waals surface area contributed by atoms with Gasteiger partial charge in [-0.2, -0.15) is 0 Å². The van der Waals surface area contributed by atoms with E-state index >= 15 is 0 Å². The highest BCUT2D eigenvalue weighted by atomic mass is 16.5. The van der Waals surface area contributed by atoms with Crippen LogP contribution in [0.4, 0.5) is 0 Å². The Hall–Kier alpha value is -1.83.